The van der Waals surface area contributed by atoms with Gasteiger partial charge in [0.1, 0.15) is 0 Å². The van der Waals surface area contributed by atoms with Gasteiger partial charge in [-0.3, -0.25) is 9.58 Å². The first-order chi connectivity index (χ1) is 8.63. The maximum absolute atomic E-state index is 6.01. The summed E-state index contributed by atoms with van der Waals surface area (Å²) >= 11 is 0. The van der Waals surface area contributed by atoms with Crippen LogP contribution in [-0.4, -0.2) is 34.3 Å². The molecule has 0 bridgehead atoms. The van der Waals surface area contributed by atoms with Crippen molar-refractivity contribution in [2.75, 3.05) is 13.6 Å². The summed E-state index contributed by atoms with van der Waals surface area (Å²) in [7, 11) is 4.20. The van der Waals surface area contributed by atoms with E-state index in [2.05, 4.69) is 30.2 Å². The van der Waals surface area contributed by atoms with E-state index in [0.717, 1.165) is 5.69 Å². The second-order valence-electron chi connectivity index (χ2n) is 5.55. The predicted octanol–water partition coefficient (Wildman–Crippen LogP) is 1.99. The molecule has 1 heterocycles. The van der Waals surface area contributed by atoms with Crippen molar-refractivity contribution in [3.63, 3.8) is 0 Å². The van der Waals surface area contributed by atoms with E-state index < -0.39 is 0 Å². The molecule has 1 aliphatic carbocycles. The Hall–Kier alpha value is -0.870. The van der Waals surface area contributed by atoms with Crippen molar-refractivity contribution in [2.24, 2.45) is 12.8 Å². The lowest BCUT2D eigenvalue weighted by Crippen LogP contribution is -2.39. The predicted molar refractivity (Wildman–Crippen MR) is 74.4 cm³/mol. The Kier molecular flexibility index (Phi) is 4.40. The largest absolute Gasteiger partial charge is 0.329 e. The molecule has 1 fully saturated rings. The van der Waals surface area contributed by atoms with Gasteiger partial charge in [-0.25, -0.2) is 0 Å². The lowest BCUT2D eigenvalue weighted by molar-refractivity contribution is 0.140. The molecule has 1 aromatic rings. The fraction of sp³-hybridized carbons (Fsp3) is 0.786. The lowest BCUT2D eigenvalue weighted by Gasteiger charge is -2.36. The quantitative estimate of drug-likeness (QED) is 0.889. The average molecular weight is 250 g/mol. The van der Waals surface area contributed by atoms with E-state index in [1.54, 1.807) is 0 Å². The smallest absolute Gasteiger partial charge is 0.0641 e. The van der Waals surface area contributed by atoms with Crippen molar-refractivity contribution in [1.82, 2.24) is 14.7 Å². The number of aryl methyl sites for hydroxylation is 2. The molecule has 2 rings (SSSR count). The van der Waals surface area contributed by atoms with E-state index in [4.69, 9.17) is 5.73 Å². The summed E-state index contributed by atoms with van der Waals surface area (Å²) in [4.78, 5) is 2.48. The normalized spacial score (nSPS) is 19.4. The van der Waals surface area contributed by atoms with E-state index >= 15 is 0 Å². The summed E-state index contributed by atoms with van der Waals surface area (Å²) in [6, 6.07) is 0.994. The fourth-order valence-electron chi connectivity index (χ4n) is 3.20. The summed E-state index contributed by atoms with van der Waals surface area (Å²) in [5.74, 6) is 0. The zero-order valence-corrected chi connectivity index (χ0v) is 11.9. The second-order valence-corrected chi connectivity index (χ2v) is 5.55. The van der Waals surface area contributed by atoms with Crippen molar-refractivity contribution in [2.45, 2.75) is 51.1 Å². The van der Waals surface area contributed by atoms with Crippen LogP contribution in [0.3, 0.4) is 0 Å². The number of hydrogen-bond acceptors (Lipinski definition) is 3. The van der Waals surface area contributed by atoms with Gasteiger partial charge in [-0.1, -0.05) is 19.3 Å². The molecule has 1 unspecified atom stereocenters. The van der Waals surface area contributed by atoms with Crippen LogP contribution >= 0.6 is 0 Å². The van der Waals surface area contributed by atoms with E-state index in [-0.39, 0.29) is 0 Å². The third-order valence-electron chi connectivity index (χ3n) is 4.28. The summed E-state index contributed by atoms with van der Waals surface area (Å²) in [6.45, 7) is 2.74. The van der Waals surface area contributed by atoms with E-state index in [1.807, 2.05) is 11.7 Å². The molecule has 1 aromatic heterocycles. The molecular formula is C14H26N4. The van der Waals surface area contributed by atoms with Gasteiger partial charge < -0.3 is 5.73 Å². The van der Waals surface area contributed by atoms with Crippen LogP contribution in [0.2, 0.25) is 0 Å². The van der Waals surface area contributed by atoms with Gasteiger partial charge in [0.15, 0.2) is 0 Å². The maximum Gasteiger partial charge on any atom is 0.0641 e. The zero-order valence-electron chi connectivity index (χ0n) is 11.9. The minimum absolute atomic E-state index is 0.307. The first kappa shape index (κ1) is 13.6. The molecule has 1 atom stereocenters. The van der Waals surface area contributed by atoms with Gasteiger partial charge in [-0.15, -0.1) is 0 Å². The third kappa shape index (κ3) is 2.75. The minimum atomic E-state index is 0.307. The van der Waals surface area contributed by atoms with Crippen molar-refractivity contribution in [3.8, 4) is 0 Å². The van der Waals surface area contributed by atoms with Gasteiger partial charge >= 0.3 is 0 Å². The van der Waals surface area contributed by atoms with Crippen LogP contribution in [0.4, 0.5) is 0 Å². The van der Waals surface area contributed by atoms with E-state index in [9.17, 15) is 0 Å². The van der Waals surface area contributed by atoms with Gasteiger partial charge in [-0.05, 0) is 26.8 Å². The molecule has 102 valence electrons. The highest BCUT2D eigenvalue weighted by molar-refractivity contribution is 5.20. The number of nitrogens with two attached hydrogens (primary N) is 1. The number of nitrogens with zero attached hydrogens (tertiary/aromatic N) is 3. The summed E-state index contributed by atoms with van der Waals surface area (Å²) in [5, 5.41) is 4.44. The van der Waals surface area contributed by atoms with Gasteiger partial charge in [0.2, 0.25) is 0 Å². The summed E-state index contributed by atoms with van der Waals surface area (Å²) < 4.78 is 1.89. The Balaban J connectivity index is 2.14. The highest BCUT2D eigenvalue weighted by Gasteiger charge is 2.26. The highest BCUT2D eigenvalue weighted by atomic mass is 15.3. The minimum Gasteiger partial charge on any atom is -0.329 e. The van der Waals surface area contributed by atoms with Crippen molar-refractivity contribution >= 4 is 0 Å². The molecule has 0 radical (unpaired) electrons. The van der Waals surface area contributed by atoms with Gasteiger partial charge in [0.05, 0.1) is 11.7 Å². The molecular weight excluding hydrogens is 224 g/mol. The third-order valence-corrected chi connectivity index (χ3v) is 4.28. The monoisotopic (exact) mass is 250 g/mol. The molecule has 2 N–H and O–H groups in total. The molecule has 4 nitrogen and oxygen atoms in total. The molecule has 1 aliphatic rings. The molecule has 0 aliphatic heterocycles. The average Bonchev–Trinajstić information content (AvgIpc) is 2.70. The zero-order chi connectivity index (χ0) is 13.1. The van der Waals surface area contributed by atoms with Crippen LogP contribution < -0.4 is 5.73 Å². The first-order valence-corrected chi connectivity index (χ1v) is 7.05. The van der Waals surface area contributed by atoms with Gasteiger partial charge in [0.25, 0.3) is 0 Å². The molecule has 18 heavy (non-hydrogen) atoms. The van der Waals surface area contributed by atoms with E-state index in [1.165, 1.54) is 37.7 Å². The van der Waals surface area contributed by atoms with Crippen LogP contribution in [0.1, 0.15) is 49.4 Å². The van der Waals surface area contributed by atoms with Crippen LogP contribution in [0.5, 0.6) is 0 Å². The van der Waals surface area contributed by atoms with E-state index in [0.29, 0.717) is 18.6 Å². The summed E-state index contributed by atoms with van der Waals surface area (Å²) in [6.07, 6.45) is 8.85. The number of hydrogen-bond donors (Lipinski definition) is 1. The Bertz CT molecular complexity index is 379. The topological polar surface area (TPSA) is 47.1 Å². The molecule has 0 amide bonds. The standard InChI is InChI=1S/C14H26N4/c1-11-13(10-17(2)16-11)14(9-15)18(3)12-7-5-4-6-8-12/h10,12,14H,4-9,15H2,1-3H3. The fourth-order valence-corrected chi connectivity index (χ4v) is 3.20. The number of rotatable bonds is 4. The number of aromatic nitrogens is 2. The first-order valence-electron chi connectivity index (χ1n) is 7.05. The van der Waals surface area contributed by atoms with Gasteiger partial charge in [0, 0.05) is 31.4 Å². The van der Waals surface area contributed by atoms with Crippen LogP contribution in [0.25, 0.3) is 0 Å². The molecule has 0 aromatic carbocycles. The molecule has 4 heteroatoms. The highest BCUT2D eigenvalue weighted by Crippen LogP contribution is 2.29. The van der Waals surface area contributed by atoms with Crippen molar-refractivity contribution in [3.05, 3.63) is 17.5 Å². The van der Waals surface area contributed by atoms with Crippen LogP contribution in [-0.2, 0) is 7.05 Å². The summed E-state index contributed by atoms with van der Waals surface area (Å²) in [5.41, 5.74) is 8.40. The Morgan fingerprint density at radius 3 is 2.61 bits per heavy atom. The Morgan fingerprint density at radius 1 is 1.44 bits per heavy atom. The van der Waals surface area contributed by atoms with Gasteiger partial charge in [-0.2, -0.15) is 5.10 Å². The van der Waals surface area contributed by atoms with Crippen molar-refractivity contribution < 1.29 is 0 Å². The Labute approximate surface area is 110 Å². The van der Waals surface area contributed by atoms with Crippen LogP contribution in [0, 0.1) is 6.92 Å². The molecule has 0 saturated heterocycles. The molecule has 1 saturated carbocycles. The van der Waals surface area contributed by atoms with Crippen LogP contribution in [0.15, 0.2) is 6.20 Å². The maximum atomic E-state index is 6.01. The van der Waals surface area contributed by atoms with Crippen molar-refractivity contribution in [1.29, 1.82) is 0 Å². The number of likely N-dealkylation sites (N-methyl/N-ethyl adjacent to an activating group) is 1. The SMILES string of the molecule is Cc1nn(C)cc1C(CN)N(C)C1CCCCC1. The lowest BCUT2D eigenvalue weighted by atomic mass is 9.92. The second kappa shape index (κ2) is 5.85. The Morgan fingerprint density at radius 2 is 2.11 bits per heavy atom. The molecule has 0 spiro atoms.